The van der Waals surface area contributed by atoms with E-state index in [0.717, 1.165) is 5.56 Å². The van der Waals surface area contributed by atoms with Crippen LogP contribution in [0, 0.1) is 11.3 Å². The van der Waals surface area contributed by atoms with Crippen molar-refractivity contribution in [3.63, 3.8) is 0 Å². The Morgan fingerprint density at radius 2 is 1.90 bits per heavy atom. The van der Waals surface area contributed by atoms with Crippen molar-refractivity contribution in [3.8, 4) is 6.07 Å². The third-order valence-electron chi connectivity index (χ3n) is 2.61. The molecule has 6 heteroatoms. The highest BCUT2D eigenvalue weighted by molar-refractivity contribution is 5.49. The zero-order chi connectivity index (χ0) is 14.4. The molecule has 0 aliphatic rings. The van der Waals surface area contributed by atoms with E-state index >= 15 is 0 Å². The maximum atomic E-state index is 9.00. The normalized spacial score (nSPS) is 10.7. The van der Waals surface area contributed by atoms with Crippen LogP contribution in [0.3, 0.4) is 0 Å². The minimum absolute atomic E-state index is 0.615. The van der Waals surface area contributed by atoms with Gasteiger partial charge in [0.15, 0.2) is 0 Å². The van der Waals surface area contributed by atoms with Crippen LogP contribution in [0.1, 0.15) is 19.4 Å². The molecular weight excluding hydrogens is 252 g/mol. The number of hydrogen-bond acceptors (Lipinski definition) is 6. The molecule has 102 valence electrons. The van der Waals surface area contributed by atoms with E-state index in [1.807, 2.05) is 12.1 Å². The van der Waals surface area contributed by atoms with Gasteiger partial charge < -0.3 is 10.6 Å². The minimum atomic E-state index is -0.670. The summed E-state index contributed by atoms with van der Waals surface area (Å²) in [5, 5.41) is 15.2. The van der Waals surface area contributed by atoms with Gasteiger partial charge >= 0.3 is 0 Å². The van der Waals surface area contributed by atoms with Crippen LogP contribution in [0.25, 0.3) is 0 Å². The first kappa shape index (κ1) is 13.7. The molecule has 0 fully saturated rings. The average Bonchev–Trinajstić information content (AvgIpc) is 2.46. The first-order valence-electron chi connectivity index (χ1n) is 6.23. The molecule has 0 atom stereocenters. The van der Waals surface area contributed by atoms with Crippen LogP contribution in [0.15, 0.2) is 36.9 Å². The van der Waals surface area contributed by atoms with E-state index in [1.165, 1.54) is 6.33 Å². The van der Waals surface area contributed by atoms with Gasteiger partial charge in [0, 0.05) is 25.0 Å². The first-order chi connectivity index (χ1) is 9.59. The largest absolute Gasteiger partial charge is 0.366 e. The van der Waals surface area contributed by atoms with Crippen LogP contribution in [-0.4, -0.2) is 20.5 Å². The summed E-state index contributed by atoms with van der Waals surface area (Å²) in [4.78, 5) is 12.2. The van der Waals surface area contributed by atoms with E-state index in [0.29, 0.717) is 18.2 Å². The highest BCUT2D eigenvalue weighted by Crippen LogP contribution is 2.14. The Morgan fingerprint density at radius 1 is 1.20 bits per heavy atom. The second kappa shape index (κ2) is 5.97. The fraction of sp³-hybridized carbons (Fsp3) is 0.286. The summed E-state index contributed by atoms with van der Waals surface area (Å²) in [6.45, 7) is 4.24. The third-order valence-corrected chi connectivity index (χ3v) is 2.61. The van der Waals surface area contributed by atoms with Gasteiger partial charge in [-0.3, -0.25) is 4.98 Å². The van der Waals surface area contributed by atoms with Crippen LogP contribution in [0.2, 0.25) is 0 Å². The first-order valence-corrected chi connectivity index (χ1v) is 6.23. The Kier molecular flexibility index (Phi) is 4.11. The van der Waals surface area contributed by atoms with E-state index in [9.17, 15) is 0 Å². The maximum Gasteiger partial charge on any atom is 0.132 e. The summed E-state index contributed by atoms with van der Waals surface area (Å²) in [6.07, 6.45) is 4.96. The molecule has 0 aliphatic carbocycles. The van der Waals surface area contributed by atoms with Crippen molar-refractivity contribution >= 4 is 11.6 Å². The SMILES string of the molecule is CC(C)(C#N)Nc1cc(NCc2ccncc2)ncn1. The lowest BCUT2D eigenvalue weighted by atomic mass is 10.1. The second-order valence-electron chi connectivity index (χ2n) is 4.86. The van der Waals surface area contributed by atoms with Crippen LogP contribution in [-0.2, 0) is 6.54 Å². The summed E-state index contributed by atoms with van der Waals surface area (Å²) in [6, 6.07) is 7.82. The van der Waals surface area contributed by atoms with Gasteiger partial charge in [0.05, 0.1) is 6.07 Å². The van der Waals surface area contributed by atoms with Crippen molar-refractivity contribution in [2.75, 3.05) is 10.6 Å². The van der Waals surface area contributed by atoms with Crippen molar-refractivity contribution in [1.29, 1.82) is 5.26 Å². The molecule has 0 radical (unpaired) electrons. The molecule has 2 rings (SSSR count). The highest BCUT2D eigenvalue weighted by Gasteiger charge is 2.16. The number of nitrogens with one attached hydrogen (secondary N) is 2. The van der Waals surface area contributed by atoms with Gasteiger partial charge in [0.25, 0.3) is 0 Å². The quantitative estimate of drug-likeness (QED) is 0.864. The number of hydrogen-bond donors (Lipinski definition) is 2. The Hall–Kier alpha value is -2.68. The van der Waals surface area contributed by atoms with Gasteiger partial charge in [-0.25, -0.2) is 9.97 Å². The summed E-state index contributed by atoms with van der Waals surface area (Å²) in [7, 11) is 0. The summed E-state index contributed by atoms with van der Waals surface area (Å²) >= 11 is 0. The van der Waals surface area contributed by atoms with Gasteiger partial charge in [-0.2, -0.15) is 5.26 Å². The lowest BCUT2D eigenvalue weighted by Crippen LogP contribution is -2.29. The predicted octanol–water partition coefficient (Wildman–Crippen LogP) is 2.20. The van der Waals surface area contributed by atoms with E-state index in [2.05, 4.69) is 31.7 Å². The number of pyridine rings is 1. The molecule has 0 aliphatic heterocycles. The number of rotatable bonds is 5. The molecule has 2 aromatic rings. The van der Waals surface area contributed by atoms with Crippen molar-refractivity contribution in [3.05, 3.63) is 42.5 Å². The Balaban J connectivity index is 2.02. The molecule has 0 unspecified atom stereocenters. The van der Waals surface area contributed by atoms with Crippen molar-refractivity contribution in [2.24, 2.45) is 0 Å². The molecule has 0 spiro atoms. The Labute approximate surface area is 117 Å². The highest BCUT2D eigenvalue weighted by atomic mass is 15.1. The van der Waals surface area contributed by atoms with Crippen molar-refractivity contribution < 1.29 is 0 Å². The molecular formula is C14H16N6. The van der Waals surface area contributed by atoms with Gasteiger partial charge in [-0.1, -0.05) is 0 Å². The zero-order valence-corrected chi connectivity index (χ0v) is 11.5. The molecule has 0 amide bonds. The third kappa shape index (κ3) is 3.92. The predicted molar refractivity (Wildman–Crippen MR) is 76.9 cm³/mol. The van der Waals surface area contributed by atoms with Crippen LogP contribution >= 0.6 is 0 Å². The molecule has 20 heavy (non-hydrogen) atoms. The number of aromatic nitrogens is 3. The summed E-state index contributed by atoms with van der Waals surface area (Å²) in [5.74, 6) is 1.32. The van der Waals surface area contributed by atoms with Gasteiger partial charge in [-0.15, -0.1) is 0 Å². The number of nitriles is 1. The van der Waals surface area contributed by atoms with Crippen LogP contribution < -0.4 is 10.6 Å². The molecule has 2 N–H and O–H groups in total. The summed E-state index contributed by atoms with van der Waals surface area (Å²) in [5.41, 5.74) is 0.446. The molecule has 0 saturated carbocycles. The zero-order valence-electron chi connectivity index (χ0n) is 11.5. The molecule has 2 aromatic heterocycles. The topological polar surface area (TPSA) is 86.5 Å². The fourth-order valence-corrected chi connectivity index (χ4v) is 1.56. The van der Waals surface area contributed by atoms with E-state index in [4.69, 9.17) is 5.26 Å². The molecule has 0 aromatic carbocycles. The molecule has 0 bridgehead atoms. The standard InChI is InChI=1S/C14H16N6/c1-14(2,9-15)20-13-7-12(18-10-19-13)17-8-11-3-5-16-6-4-11/h3-7,10H,8H2,1-2H3,(H2,17,18,19,20). The van der Waals surface area contributed by atoms with Crippen LogP contribution in [0.4, 0.5) is 11.6 Å². The smallest absolute Gasteiger partial charge is 0.132 e. The van der Waals surface area contributed by atoms with Crippen LogP contribution in [0.5, 0.6) is 0 Å². The monoisotopic (exact) mass is 268 g/mol. The number of nitrogens with zero attached hydrogens (tertiary/aromatic N) is 4. The Bertz CT molecular complexity index is 603. The molecule has 6 nitrogen and oxygen atoms in total. The van der Waals surface area contributed by atoms with E-state index in [-0.39, 0.29) is 0 Å². The maximum absolute atomic E-state index is 9.00. The van der Waals surface area contributed by atoms with Gasteiger partial charge in [0.1, 0.15) is 23.5 Å². The van der Waals surface area contributed by atoms with E-state index < -0.39 is 5.54 Å². The Morgan fingerprint density at radius 3 is 2.60 bits per heavy atom. The van der Waals surface area contributed by atoms with Crippen molar-refractivity contribution in [2.45, 2.75) is 25.9 Å². The number of anilines is 2. The van der Waals surface area contributed by atoms with Gasteiger partial charge in [-0.05, 0) is 31.5 Å². The fourth-order valence-electron chi connectivity index (χ4n) is 1.56. The molecule has 2 heterocycles. The van der Waals surface area contributed by atoms with E-state index in [1.54, 1.807) is 32.3 Å². The molecule has 0 saturated heterocycles. The lowest BCUT2D eigenvalue weighted by Gasteiger charge is -2.18. The summed E-state index contributed by atoms with van der Waals surface area (Å²) < 4.78 is 0. The lowest BCUT2D eigenvalue weighted by molar-refractivity contribution is 0.723. The van der Waals surface area contributed by atoms with Gasteiger partial charge in [0.2, 0.25) is 0 Å². The second-order valence-corrected chi connectivity index (χ2v) is 4.86. The van der Waals surface area contributed by atoms with Crippen molar-refractivity contribution in [1.82, 2.24) is 15.0 Å². The minimum Gasteiger partial charge on any atom is -0.366 e. The average molecular weight is 268 g/mol.